The van der Waals surface area contributed by atoms with Crippen molar-refractivity contribution in [1.82, 2.24) is 0 Å². The Labute approximate surface area is 82.0 Å². The number of carbonyl (C=O) groups excluding carboxylic acids is 1. The molecular formula is C10H11O2S-. The van der Waals surface area contributed by atoms with E-state index in [1.54, 1.807) is 0 Å². The van der Waals surface area contributed by atoms with Crippen molar-refractivity contribution in [3.8, 4) is 0 Å². The van der Waals surface area contributed by atoms with Crippen LogP contribution >= 0.6 is 11.8 Å². The maximum atomic E-state index is 10.1. The van der Waals surface area contributed by atoms with Crippen molar-refractivity contribution in [2.24, 2.45) is 0 Å². The van der Waals surface area contributed by atoms with Crippen LogP contribution in [0.15, 0.2) is 30.3 Å². The first-order valence-corrected chi connectivity index (χ1v) is 5.26. The highest BCUT2D eigenvalue weighted by molar-refractivity contribution is 7.99. The minimum Gasteiger partial charge on any atom is -0.549 e. The van der Waals surface area contributed by atoms with Gasteiger partial charge in [0.25, 0.3) is 0 Å². The van der Waals surface area contributed by atoms with Gasteiger partial charge in [-0.15, -0.1) is 0 Å². The molecule has 0 spiro atoms. The fourth-order valence-corrected chi connectivity index (χ4v) is 1.68. The Balaban J connectivity index is 2.17. The van der Waals surface area contributed by atoms with Crippen molar-refractivity contribution in [2.75, 3.05) is 11.5 Å². The third-order valence-electron chi connectivity index (χ3n) is 1.60. The Hall–Kier alpha value is -0.960. The zero-order chi connectivity index (χ0) is 9.52. The number of benzene rings is 1. The highest BCUT2D eigenvalue weighted by Gasteiger charge is 1.92. The summed E-state index contributed by atoms with van der Waals surface area (Å²) in [6.07, 6.45) is 0.915. The maximum Gasteiger partial charge on any atom is 0.0513 e. The number of hydrogen-bond acceptors (Lipinski definition) is 3. The van der Waals surface area contributed by atoms with Crippen molar-refractivity contribution in [2.45, 2.75) is 6.42 Å². The molecule has 1 aromatic carbocycles. The summed E-state index contributed by atoms with van der Waals surface area (Å²) in [6.45, 7) is 0. The molecule has 0 saturated carbocycles. The molecule has 0 aromatic heterocycles. The SMILES string of the molecule is O=C([O-])CSCCc1ccccc1. The van der Waals surface area contributed by atoms with Crippen molar-refractivity contribution >= 4 is 17.7 Å². The van der Waals surface area contributed by atoms with Gasteiger partial charge in [-0.1, -0.05) is 30.3 Å². The highest BCUT2D eigenvalue weighted by Crippen LogP contribution is 2.05. The van der Waals surface area contributed by atoms with Crippen LogP contribution in [-0.2, 0) is 11.2 Å². The molecule has 70 valence electrons. The number of carbonyl (C=O) groups is 1. The van der Waals surface area contributed by atoms with E-state index in [1.165, 1.54) is 17.3 Å². The minimum atomic E-state index is -0.988. The summed E-state index contributed by atoms with van der Waals surface area (Å²) in [5, 5.41) is 10.1. The summed E-state index contributed by atoms with van der Waals surface area (Å²) < 4.78 is 0. The Morgan fingerprint density at radius 3 is 2.62 bits per heavy atom. The molecule has 0 N–H and O–H groups in total. The van der Waals surface area contributed by atoms with Gasteiger partial charge in [0.2, 0.25) is 0 Å². The number of hydrogen-bond donors (Lipinski definition) is 0. The molecule has 0 aliphatic rings. The van der Waals surface area contributed by atoms with Crippen LogP contribution in [0, 0.1) is 0 Å². The van der Waals surface area contributed by atoms with E-state index in [-0.39, 0.29) is 5.75 Å². The molecule has 0 amide bonds. The lowest BCUT2D eigenvalue weighted by Crippen LogP contribution is -2.24. The zero-order valence-corrected chi connectivity index (χ0v) is 8.05. The third-order valence-corrected chi connectivity index (χ3v) is 2.53. The number of aryl methyl sites for hydroxylation is 1. The molecule has 1 aromatic rings. The summed E-state index contributed by atoms with van der Waals surface area (Å²) in [6, 6.07) is 10.0. The third kappa shape index (κ3) is 4.58. The fourth-order valence-electron chi connectivity index (χ4n) is 0.990. The van der Waals surface area contributed by atoms with Gasteiger partial charge in [-0.2, -0.15) is 11.8 Å². The Morgan fingerprint density at radius 2 is 2.00 bits per heavy atom. The number of aliphatic carboxylic acids is 1. The molecule has 13 heavy (non-hydrogen) atoms. The lowest BCUT2D eigenvalue weighted by Gasteiger charge is -2.02. The summed E-state index contributed by atoms with van der Waals surface area (Å²) in [4.78, 5) is 10.1. The lowest BCUT2D eigenvalue weighted by atomic mass is 10.2. The highest BCUT2D eigenvalue weighted by atomic mass is 32.2. The fraction of sp³-hybridized carbons (Fsp3) is 0.300. The molecule has 3 heteroatoms. The first kappa shape index (κ1) is 10.1. The van der Waals surface area contributed by atoms with Gasteiger partial charge >= 0.3 is 0 Å². The average Bonchev–Trinajstić information content (AvgIpc) is 2.14. The number of carboxylic acid groups (broad SMARTS) is 1. The van der Waals surface area contributed by atoms with Gasteiger partial charge in [0.1, 0.15) is 0 Å². The molecule has 0 fully saturated rings. The van der Waals surface area contributed by atoms with Crippen molar-refractivity contribution in [3.63, 3.8) is 0 Å². The molecule has 0 heterocycles. The first-order valence-electron chi connectivity index (χ1n) is 4.10. The number of carboxylic acids is 1. The molecule has 0 aliphatic carbocycles. The van der Waals surface area contributed by atoms with Crippen molar-refractivity contribution in [1.29, 1.82) is 0 Å². The summed E-state index contributed by atoms with van der Waals surface area (Å²) in [7, 11) is 0. The van der Waals surface area contributed by atoms with Crippen LogP contribution in [-0.4, -0.2) is 17.5 Å². The maximum absolute atomic E-state index is 10.1. The van der Waals surface area contributed by atoms with Crippen LogP contribution in [0.3, 0.4) is 0 Å². The van der Waals surface area contributed by atoms with Crippen LogP contribution in [0.25, 0.3) is 0 Å². The summed E-state index contributed by atoms with van der Waals surface area (Å²) in [5.41, 5.74) is 1.24. The molecule has 2 nitrogen and oxygen atoms in total. The average molecular weight is 195 g/mol. The first-order chi connectivity index (χ1) is 6.29. The van der Waals surface area contributed by atoms with Gasteiger partial charge in [0, 0.05) is 5.75 Å². The monoisotopic (exact) mass is 195 g/mol. The van der Waals surface area contributed by atoms with E-state index in [9.17, 15) is 9.90 Å². The van der Waals surface area contributed by atoms with Gasteiger partial charge in [0.15, 0.2) is 0 Å². The second kappa shape index (κ2) is 5.65. The smallest absolute Gasteiger partial charge is 0.0513 e. The van der Waals surface area contributed by atoms with E-state index in [0.29, 0.717) is 0 Å². The van der Waals surface area contributed by atoms with Crippen LogP contribution in [0.1, 0.15) is 5.56 Å². The summed E-state index contributed by atoms with van der Waals surface area (Å²) >= 11 is 1.39. The second-order valence-electron chi connectivity index (χ2n) is 2.66. The van der Waals surface area contributed by atoms with Crippen LogP contribution < -0.4 is 5.11 Å². The normalized spacial score (nSPS) is 9.85. The quantitative estimate of drug-likeness (QED) is 0.650. The molecule has 0 aliphatic heterocycles. The largest absolute Gasteiger partial charge is 0.549 e. The molecule has 0 radical (unpaired) electrons. The van der Waals surface area contributed by atoms with Crippen LogP contribution in [0.4, 0.5) is 0 Å². The Morgan fingerprint density at radius 1 is 1.31 bits per heavy atom. The molecule has 0 bridgehead atoms. The van der Waals surface area contributed by atoms with Gasteiger partial charge < -0.3 is 9.90 Å². The van der Waals surface area contributed by atoms with Crippen molar-refractivity contribution < 1.29 is 9.90 Å². The molecule has 0 atom stereocenters. The molecule has 0 unspecified atom stereocenters. The molecule has 1 rings (SSSR count). The second-order valence-corrected chi connectivity index (χ2v) is 3.77. The number of thioether (sulfide) groups is 1. The van der Waals surface area contributed by atoms with E-state index in [4.69, 9.17) is 0 Å². The Kier molecular flexibility index (Phi) is 4.40. The van der Waals surface area contributed by atoms with Gasteiger partial charge in [0.05, 0.1) is 5.97 Å². The predicted molar refractivity (Wildman–Crippen MR) is 52.5 cm³/mol. The zero-order valence-electron chi connectivity index (χ0n) is 7.23. The standard InChI is InChI=1S/C10H12O2S/c11-10(12)8-13-7-6-9-4-2-1-3-5-9/h1-5H,6-8H2,(H,11,12)/p-1. The van der Waals surface area contributed by atoms with E-state index < -0.39 is 5.97 Å². The van der Waals surface area contributed by atoms with Gasteiger partial charge in [-0.05, 0) is 17.7 Å². The topological polar surface area (TPSA) is 40.1 Å². The van der Waals surface area contributed by atoms with Gasteiger partial charge in [-0.25, -0.2) is 0 Å². The lowest BCUT2D eigenvalue weighted by molar-refractivity contribution is -0.301. The van der Waals surface area contributed by atoms with Gasteiger partial charge in [-0.3, -0.25) is 0 Å². The summed E-state index contributed by atoms with van der Waals surface area (Å²) in [5.74, 6) is -0.0665. The molecular weight excluding hydrogens is 184 g/mol. The predicted octanol–water partition coefficient (Wildman–Crippen LogP) is 0.712. The van der Waals surface area contributed by atoms with Crippen LogP contribution in [0.5, 0.6) is 0 Å². The van der Waals surface area contributed by atoms with Crippen molar-refractivity contribution in [3.05, 3.63) is 35.9 Å². The minimum absolute atomic E-state index is 0.0901. The number of rotatable bonds is 5. The van der Waals surface area contributed by atoms with E-state index in [1.807, 2.05) is 30.3 Å². The van der Waals surface area contributed by atoms with Crippen LogP contribution in [0.2, 0.25) is 0 Å². The van der Waals surface area contributed by atoms with E-state index >= 15 is 0 Å². The molecule has 0 saturated heterocycles. The Bertz CT molecular complexity index is 259. The van der Waals surface area contributed by atoms with E-state index in [0.717, 1.165) is 12.2 Å². The van der Waals surface area contributed by atoms with E-state index in [2.05, 4.69) is 0 Å².